The van der Waals surface area contributed by atoms with Crippen LogP contribution in [0, 0.1) is 0 Å². The van der Waals surface area contributed by atoms with Crippen LogP contribution in [0.5, 0.6) is 0 Å². The number of halogens is 3. The van der Waals surface area contributed by atoms with Gasteiger partial charge in [-0.3, -0.25) is 19.3 Å². The van der Waals surface area contributed by atoms with E-state index in [0.717, 1.165) is 6.07 Å². The SMILES string of the molecule is CC12CCC(=O)N1c1ccccc1C(=O)N2CCC(=O)NCCc1ccccc1C(F)(F)F. The third-order valence-corrected chi connectivity index (χ3v) is 6.35. The highest BCUT2D eigenvalue weighted by Gasteiger charge is 2.52. The summed E-state index contributed by atoms with van der Waals surface area (Å²) in [5.41, 5.74) is -0.462. The molecule has 174 valence electrons. The van der Waals surface area contributed by atoms with Crippen LogP contribution < -0.4 is 10.2 Å². The molecule has 0 spiro atoms. The van der Waals surface area contributed by atoms with Gasteiger partial charge in [0, 0.05) is 25.9 Å². The molecule has 1 fully saturated rings. The van der Waals surface area contributed by atoms with Gasteiger partial charge in [0.2, 0.25) is 11.8 Å². The topological polar surface area (TPSA) is 69.7 Å². The molecule has 1 saturated heterocycles. The van der Waals surface area contributed by atoms with E-state index in [1.54, 1.807) is 34.1 Å². The Morgan fingerprint density at radius 3 is 2.55 bits per heavy atom. The second-order valence-electron chi connectivity index (χ2n) is 8.42. The summed E-state index contributed by atoms with van der Waals surface area (Å²) >= 11 is 0. The van der Waals surface area contributed by atoms with E-state index >= 15 is 0 Å². The van der Waals surface area contributed by atoms with Crippen molar-refractivity contribution in [3.8, 4) is 0 Å². The van der Waals surface area contributed by atoms with Gasteiger partial charge in [-0.05, 0) is 43.5 Å². The molecule has 2 aliphatic rings. The normalized spacial score (nSPS) is 20.0. The molecule has 2 aromatic carbocycles. The molecule has 33 heavy (non-hydrogen) atoms. The summed E-state index contributed by atoms with van der Waals surface area (Å²) in [6.45, 7) is 1.96. The number of para-hydroxylation sites is 1. The first-order valence-corrected chi connectivity index (χ1v) is 10.8. The summed E-state index contributed by atoms with van der Waals surface area (Å²) < 4.78 is 39.4. The van der Waals surface area contributed by atoms with Crippen LogP contribution in [-0.2, 0) is 22.2 Å². The van der Waals surface area contributed by atoms with E-state index < -0.39 is 17.4 Å². The van der Waals surface area contributed by atoms with Gasteiger partial charge < -0.3 is 10.2 Å². The van der Waals surface area contributed by atoms with Crippen molar-refractivity contribution >= 4 is 23.4 Å². The summed E-state index contributed by atoms with van der Waals surface area (Å²) in [6.07, 6.45) is -3.67. The van der Waals surface area contributed by atoms with Crippen LogP contribution in [0.15, 0.2) is 48.5 Å². The smallest absolute Gasteiger partial charge is 0.356 e. The Balaban J connectivity index is 1.40. The van der Waals surface area contributed by atoms with Crippen LogP contribution in [0.4, 0.5) is 18.9 Å². The number of fused-ring (bicyclic) bond motifs is 3. The molecular weight excluding hydrogens is 435 g/mol. The molecule has 6 nitrogen and oxygen atoms in total. The molecule has 3 amide bonds. The van der Waals surface area contributed by atoms with Gasteiger partial charge in [0.15, 0.2) is 0 Å². The zero-order chi connectivity index (χ0) is 23.8. The van der Waals surface area contributed by atoms with Crippen molar-refractivity contribution < 1.29 is 27.6 Å². The fourth-order valence-electron chi connectivity index (χ4n) is 4.69. The lowest BCUT2D eigenvalue weighted by Gasteiger charge is -2.48. The average Bonchev–Trinajstić information content (AvgIpc) is 3.08. The fraction of sp³-hybridized carbons (Fsp3) is 0.375. The Morgan fingerprint density at radius 1 is 1.09 bits per heavy atom. The number of alkyl halides is 3. The Bertz CT molecular complexity index is 1100. The molecule has 1 atom stereocenters. The van der Waals surface area contributed by atoms with Crippen molar-refractivity contribution in [1.82, 2.24) is 10.2 Å². The number of benzene rings is 2. The minimum Gasteiger partial charge on any atom is -0.356 e. The molecule has 0 bridgehead atoms. The van der Waals surface area contributed by atoms with E-state index in [0.29, 0.717) is 24.1 Å². The van der Waals surface area contributed by atoms with Gasteiger partial charge in [0.1, 0.15) is 5.66 Å². The van der Waals surface area contributed by atoms with E-state index in [1.807, 2.05) is 6.92 Å². The van der Waals surface area contributed by atoms with Gasteiger partial charge in [-0.25, -0.2) is 0 Å². The molecule has 2 aliphatic heterocycles. The third kappa shape index (κ3) is 4.19. The third-order valence-electron chi connectivity index (χ3n) is 6.35. The van der Waals surface area contributed by atoms with Crippen molar-refractivity contribution in [3.63, 3.8) is 0 Å². The first kappa shape index (κ1) is 22.8. The number of carbonyl (C=O) groups is 3. The lowest BCUT2D eigenvalue weighted by molar-refractivity contribution is -0.138. The van der Waals surface area contributed by atoms with Crippen LogP contribution >= 0.6 is 0 Å². The van der Waals surface area contributed by atoms with Gasteiger partial charge in [-0.1, -0.05) is 30.3 Å². The molecule has 0 aromatic heterocycles. The number of hydrogen-bond donors (Lipinski definition) is 1. The van der Waals surface area contributed by atoms with Crippen molar-refractivity contribution in [3.05, 3.63) is 65.2 Å². The molecule has 1 unspecified atom stereocenters. The summed E-state index contributed by atoms with van der Waals surface area (Å²) in [7, 11) is 0. The minimum atomic E-state index is -4.45. The average molecular weight is 459 g/mol. The molecule has 2 heterocycles. The van der Waals surface area contributed by atoms with Crippen molar-refractivity contribution in [2.45, 2.75) is 44.4 Å². The highest BCUT2D eigenvalue weighted by molar-refractivity contribution is 6.10. The predicted molar refractivity (Wildman–Crippen MR) is 115 cm³/mol. The zero-order valence-corrected chi connectivity index (χ0v) is 18.1. The van der Waals surface area contributed by atoms with E-state index in [2.05, 4.69) is 5.32 Å². The lowest BCUT2D eigenvalue weighted by atomic mass is 9.98. The van der Waals surface area contributed by atoms with Crippen molar-refractivity contribution in [2.75, 3.05) is 18.0 Å². The first-order valence-electron chi connectivity index (χ1n) is 10.8. The van der Waals surface area contributed by atoms with Crippen LogP contribution in [0.3, 0.4) is 0 Å². The van der Waals surface area contributed by atoms with Crippen LogP contribution in [0.2, 0.25) is 0 Å². The maximum Gasteiger partial charge on any atom is 0.416 e. The monoisotopic (exact) mass is 459 g/mol. The highest BCUT2D eigenvalue weighted by Crippen LogP contribution is 2.44. The largest absolute Gasteiger partial charge is 0.416 e. The molecule has 0 radical (unpaired) electrons. The zero-order valence-electron chi connectivity index (χ0n) is 18.1. The van der Waals surface area contributed by atoms with E-state index in [9.17, 15) is 27.6 Å². The van der Waals surface area contributed by atoms with Crippen molar-refractivity contribution in [2.24, 2.45) is 0 Å². The maximum atomic E-state index is 13.2. The first-order chi connectivity index (χ1) is 15.6. The van der Waals surface area contributed by atoms with Crippen LogP contribution in [-0.4, -0.2) is 41.4 Å². The van der Waals surface area contributed by atoms with Gasteiger partial charge >= 0.3 is 6.18 Å². The Morgan fingerprint density at radius 2 is 1.79 bits per heavy atom. The highest BCUT2D eigenvalue weighted by atomic mass is 19.4. The summed E-state index contributed by atoms with van der Waals surface area (Å²) in [5.74, 6) is -0.688. The molecule has 9 heteroatoms. The van der Waals surface area contributed by atoms with Gasteiger partial charge in [-0.2, -0.15) is 13.2 Å². The van der Waals surface area contributed by atoms with E-state index in [-0.39, 0.29) is 49.2 Å². The maximum absolute atomic E-state index is 13.2. The number of hydrogen-bond acceptors (Lipinski definition) is 3. The van der Waals surface area contributed by atoms with Crippen molar-refractivity contribution in [1.29, 1.82) is 0 Å². The van der Waals surface area contributed by atoms with Crippen LogP contribution in [0.1, 0.15) is 47.7 Å². The number of rotatable bonds is 6. The summed E-state index contributed by atoms with van der Waals surface area (Å²) in [4.78, 5) is 41.3. The second-order valence-corrected chi connectivity index (χ2v) is 8.42. The van der Waals surface area contributed by atoms with Crippen LogP contribution in [0.25, 0.3) is 0 Å². The Labute approximate surface area is 189 Å². The van der Waals surface area contributed by atoms with E-state index in [4.69, 9.17) is 0 Å². The van der Waals surface area contributed by atoms with Gasteiger partial charge in [0.25, 0.3) is 5.91 Å². The molecule has 1 N–H and O–H groups in total. The second kappa shape index (κ2) is 8.53. The Hall–Kier alpha value is -3.36. The molecule has 2 aromatic rings. The fourth-order valence-corrected chi connectivity index (χ4v) is 4.69. The molecule has 0 aliphatic carbocycles. The number of nitrogens with zero attached hydrogens (tertiary/aromatic N) is 2. The lowest BCUT2D eigenvalue weighted by Crippen LogP contribution is -2.62. The number of anilines is 1. The Kier molecular flexibility index (Phi) is 5.90. The number of carbonyl (C=O) groups excluding carboxylic acids is 3. The summed E-state index contributed by atoms with van der Waals surface area (Å²) in [6, 6.07) is 12.2. The van der Waals surface area contributed by atoms with E-state index in [1.165, 1.54) is 18.2 Å². The predicted octanol–water partition coefficient (Wildman–Crippen LogP) is 3.75. The van der Waals surface area contributed by atoms with Gasteiger partial charge in [-0.15, -0.1) is 0 Å². The quantitative estimate of drug-likeness (QED) is 0.715. The molecular formula is C24H24F3N3O3. The molecule has 0 saturated carbocycles. The number of amides is 3. The standard InChI is InChI=1S/C24H24F3N3O3/c1-23-13-10-21(32)30(23)19-9-5-3-7-17(19)22(33)29(23)15-12-20(31)28-14-11-16-6-2-4-8-18(16)24(25,26)27/h2-9H,10-15H2,1H3,(H,28,31). The minimum absolute atomic E-state index is 0.0214. The van der Waals surface area contributed by atoms with Gasteiger partial charge in [0.05, 0.1) is 16.8 Å². The molecule has 4 rings (SSSR count). The summed E-state index contributed by atoms with van der Waals surface area (Å²) in [5, 5.41) is 2.64. The number of nitrogens with one attached hydrogen (secondary N) is 1.